The minimum absolute atomic E-state index is 0.0165. The number of aromatic hydroxyl groups is 1. The summed E-state index contributed by atoms with van der Waals surface area (Å²) in [6.07, 6.45) is 14.3. The summed E-state index contributed by atoms with van der Waals surface area (Å²) in [4.78, 5) is 18.8. The maximum absolute atomic E-state index is 16.8. The number of benzene rings is 2. The van der Waals surface area contributed by atoms with Crippen molar-refractivity contribution in [3.63, 3.8) is 0 Å². The number of halogens is 2. The highest BCUT2D eigenvalue weighted by Gasteiger charge is 2.54. The van der Waals surface area contributed by atoms with E-state index < -0.39 is 11.6 Å². The highest BCUT2D eigenvalue weighted by Crippen LogP contribution is 2.54. The van der Waals surface area contributed by atoms with Gasteiger partial charge in [-0.25, -0.2) is 8.78 Å². The molecule has 0 amide bonds. The molecule has 2 aromatic carbocycles. The zero-order valence-electron chi connectivity index (χ0n) is 26.5. The van der Waals surface area contributed by atoms with E-state index in [1.54, 1.807) is 6.20 Å². The Morgan fingerprint density at radius 2 is 1.87 bits per heavy atom. The van der Waals surface area contributed by atoms with Crippen molar-refractivity contribution in [2.45, 2.75) is 57.5 Å². The van der Waals surface area contributed by atoms with E-state index in [4.69, 9.17) is 16.1 Å². The van der Waals surface area contributed by atoms with Crippen LogP contribution >= 0.6 is 0 Å². The molecule has 2 bridgehead atoms. The van der Waals surface area contributed by atoms with Crippen molar-refractivity contribution in [3.8, 4) is 35.4 Å². The van der Waals surface area contributed by atoms with Crippen LogP contribution in [0.2, 0.25) is 0 Å². The summed E-state index contributed by atoms with van der Waals surface area (Å²) in [5.74, 6) is 2.44. The summed E-state index contributed by atoms with van der Waals surface area (Å²) < 4.78 is 38.0. The second-order valence-electron chi connectivity index (χ2n) is 15.2. The number of terminal acetylenes is 1. The number of aromatic nitrogens is 3. The highest BCUT2D eigenvalue weighted by atomic mass is 19.1. The number of hydrogen-bond donors (Lipinski definition) is 2. The van der Waals surface area contributed by atoms with Crippen LogP contribution in [-0.4, -0.2) is 76.4 Å². The first kappa shape index (κ1) is 29.1. The van der Waals surface area contributed by atoms with Gasteiger partial charge in [-0.2, -0.15) is 9.97 Å². The number of fused-ring (bicyclic) bond motifs is 4. The lowest BCUT2D eigenvalue weighted by Gasteiger charge is -2.59. The molecule has 2 N–H and O–H groups in total. The van der Waals surface area contributed by atoms with Gasteiger partial charge in [-0.05, 0) is 73.4 Å². The monoisotopic (exact) mass is 636 g/mol. The SMILES string of the molecule is C#Cc1c(F)ccc2cc(O)cc(-c3ncc4c(N5CC6CCC(C5)N6)nc(OCC5(CN6CC7(CC(C)C7)C6)CC5)nc4c3F)c12. The Morgan fingerprint density at radius 1 is 1.11 bits per heavy atom. The van der Waals surface area contributed by atoms with Crippen LogP contribution in [-0.2, 0) is 0 Å². The molecule has 1 spiro atoms. The molecule has 8 nitrogen and oxygen atoms in total. The molecule has 4 aromatic rings. The second-order valence-corrected chi connectivity index (χ2v) is 15.2. The van der Waals surface area contributed by atoms with Crippen LogP contribution in [0.5, 0.6) is 11.8 Å². The van der Waals surface area contributed by atoms with E-state index in [0.717, 1.165) is 51.2 Å². The molecule has 3 saturated heterocycles. The van der Waals surface area contributed by atoms with Gasteiger partial charge in [0.05, 0.1) is 17.6 Å². The molecule has 5 fully saturated rings. The molecule has 47 heavy (non-hydrogen) atoms. The van der Waals surface area contributed by atoms with Gasteiger partial charge in [-0.1, -0.05) is 18.9 Å². The summed E-state index contributed by atoms with van der Waals surface area (Å²) in [5, 5.41) is 15.5. The molecular weight excluding hydrogens is 598 g/mol. The van der Waals surface area contributed by atoms with Crippen molar-refractivity contribution >= 4 is 27.5 Å². The van der Waals surface area contributed by atoms with Gasteiger partial charge >= 0.3 is 6.01 Å². The van der Waals surface area contributed by atoms with E-state index in [2.05, 4.69) is 37.9 Å². The minimum Gasteiger partial charge on any atom is -0.508 e. The van der Waals surface area contributed by atoms with Gasteiger partial charge in [0.2, 0.25) is 0 Å². The number of rotatable bonds is 7. The first-order valence-corrected chi connectivity index (χ1v) is 16.9. The number of anilines is 1. The molecule has 9 rings (SSSR count). The average Bonchev–Trinajstić information content (AvgIpc) is 3.72. The van der Waals surface area contributed by atoms with Gasteiger partial charge in [0.1, 0.15) is 28.6 Å². The van der Waals surface area contributed by atoms with Crippen LogP contribution in [0.3, 0.4) is 0 Å². The fraction of sp³-hybridized carbons (Fsp3) is 0.486. The molecule has 2 atom stereocenters. The lowest BCUT2D eigenvalue weighted by atomic mass is 9.58. The smallest absolute Gasteiger partial charge is 0.319 e. The van der Waals surface area contributed by atoms with Crippen LogP contribution in [0.25, 0.3) is 32.9 Å². The van der Waals surface area contributed by atoms with Crippen LogP contribution < -0.4 is 15.0 Å². The Morgan fingerprint density at radius 3 is 2.57 bits per heavy atom. The predicted octanol–water partition coefficient (Wildman–Crippen LogP) is 5.64. The number of hydrogen-bond acceptors (Lipinski definition) is 8. The fourth-order valence-corrected chi connectivity index (χ4v) is 9.15. The molecule has 5 aliphatic rings. The lowest BCUT2D eigenvalue weighted by Crippen LogP contribution is -2.62. The molecule has 0 radical (unpaired) electrons. The normalized spacial score (nSPS) is 24.3. The molecule has 10 heteroatoms. The van der Waals surface area contributed by atoms with Gasteiger partial charge in [0.15, 0.2) is 5.82 Å². The maximum atomic E-state index is 16.8. The molecule has 2 saturated carbocycles. The van der Waals surface area contributed by atoms with Crippen molar-refractivity contribution < 1.29 is 18.6 Å². The summed E-state index contributed by atoms with van der Waals surface area (Å²) >= 11 is 0. The topological polar surface area (TPSA) is 86.6 Å². The van der Waals surface area contributed by atoms with Crippen LogP contribution in [0.4, 0.5) is 14.6 Å². The molecule has 5 heterocycles. The maximum Gasteiger partial charge on any atom is 0.319 e. The zero-order valence-corrected chi connectivity index (χ0v) is 26.5. The van der Waals surface area contributed by atoms with E-state index in [0.29, 0.717) is 46.1 Å². The predicted molar refractivity (Wildman–Crippen MR) is 176 cm³/mol. The van der Waals surface area contributed by atoms with Crippen molar-refractivity contribution in [2.24, 2.45) is 16.7 Å². The summed E-state index contributed by atoms with van der Waals surface area (Å²) in [6, 6.07) is 6.42. The third kappa shape index (κ3) is 4.89. The standard InChI is InChI=1S/C37H38F2N6O2/c1-3-26-29(38)7-4-22-10-25(46)11-27(30(22)26)32-31(39)33-28(14-40-32)34(45-15-23-5-6-24(16-45)41-23)43-35(42-33)47-20-36(8-9-36)17-44-18-37(19-44)12-21(2)13-37/h1,4,7,10-11,14,21,23-24,41,46H,5-6,8-9,12-13,15-20H2,2H3. The Balaban J connectivity index is 1.09. The largest absolute Gasteiger partial charge is 0.508 e. The highest BCUT2D eigenvalue weighted by molar-refractivity contribution is 6.03. The van der Waals surface area contributed by atoms with Crippen molar-refractivity contribution in [2.75, 3.05) is 44.2 Å². The van der Waals surface area contributed by atoms with E-state index >= 15 is 4.39 Å². The number of nitrogens with zero attached hydrogens (tertiary/aromatic N) is 5. The zero-order chi connectivity index (χ0) is 32.1. The summed E-state index contributed by atoms with van der Waals surface area (Å²) in [7, 11) is 0. The van der Waals surface area contributed by atoms with E-state index in [1.807, 2.05) is 0 Å². The number of pyridine rings is 1. The van der Waals surface area contributed by atoms with E-state index in [-0.39, 0.29) is 39.5 Å². The first-order chi connectivity index (χ1) is 22.7. The van der Waals surface area contributed by atoms with Crippen LogP contribution in [0.1, 0.15) is 51.0 Å². The fourth-order valence-electron chi connectivity index (χ4n) is 9.15. The van der Waals surface area contributed by atoms with Gasteiger partial charge in [-0.15, -0.1) is 6.42 Å². The molecule has 3 aliphatic heterocycles. The van der Waals surface area contributed by atoms with Gasteiger partial charge in [-0.3, -0.25) is 4.98 Å². The van der Waals surface area contributed by atoms with Crippen molar-refractivity contribution in [3.05, 3.63) is 47.7 Å². The third-order valence-electron chi connectivity index (χ3n) is 11.3. The number of nitrogens with one attached hydrogen (secondary N) is 1. The summed E-state index contributed by atoms with van der Waals surface area (Å²) in [6.45, 7) is 7.67. The Kier molecular flexibility index (Phi) is 6.48. The van der Waals surface area contributed by atoms with E-state index in [9.17, 15) is 9.50 Å². The van der Waals surface area contributed by atoms with Crippen LogP contribution in [0.15, 0.2) is 30.5 Å². The van der Waals surface area contributed by atoms with Crippen molar-refractivity contribution in [1.29, 1.82) is 0 Å². The van der Waals surface area contributed by atoms with Gasteiger partial charge in [0, 0.05) is 67.4 Å². The van der Waals surface area contributed by atoms with Gasteiger partial charge in [0.25, 0.3) is 0 Å². The van der Waals surface area contributed by atoms with Gasteiger partial charge < -0.3 is 25.0 Å². The number of likely N-dealkylation sites (tertiary alicyclic amines) is 1. The minimum atomic E-state index is -0.699. The van der Waals surface area contributed by atoms with Crippen LogP contribution in [0, 0.1) is 40.7 Å². The Hall–Kier alpha value is -4.07. The number of phenolic OH excluding ortho intramolecular Hbond substituents is 1. The third-order valence-corrected chi connectivity index (χ3v) is 11.3. The molecule has 2 aromatic heterocycles. The van der Waals surface area contributed by atoms with Crippen molar-refractivity contribution in [1.82, 2.24) is 25.2 Å². The molecule has 2 unspecified atom stereocenters. The number of phenols is 1. The average molecular weight is 637 g/mol. The quantitative estimate of drug-likeness (QED) is 0.252. The first-order valence-electron chi connectivity index (χ1n) is 16.9. The Labute approximate surface area is 272 Å². The Bertz CT molecular complexity index is 1960. The van der Waals surface area contributed by atoms with E-state index in [1.165, 1.54) is 50.2 Å². The molecule has 242 valence electrons. The molecule has 2 aliphatic carbocycles. The number of ether oxygens (including phenoxy) is 1. The molecular formula is C37H38F2N6O2. The second kappa shape index (κ2) is 10.5. The number of piperazine rings is 1. The lowest BCUT2D eigenvalue weighted by molar-refractivity contribution is -0.0982. The summed E-state index contributed by atoms with van der Waals surface area (Å²) in [5.41, 5.74) is 0.794.